The lowest BCUT2D eigenvalue weighted by Gasteiger charge is -2.14. The molecule has 0 amide bonds. The highest BCUT2D eigenvalue weighted by molar-refractivity contribution is 9.10. The summed E-state index contributed by atoms with van der Waals surface area (Å²) < 4.78 is 7.11. The van der Waals surface area contributed by atoms with E-state index < -0.39 is 0 Å². The molecule has 0 saturated heterocycles. The molecular weight excluding hydrogens is 410 g/mol. The molecule has 3 rings (SSSR count). The van der Waals surface area contributed by atoms with Gasteiger partial charge < -0.3 is 10.1 Å². The largest absolute Gasteiger partial charge is 0.489 e. The summed E-state index contributed by atoms with van der Waals surface area (Å²) in [5.74, 6) is 0.890. The smallest absolute Gasteiger partial charge is 0.124 e. The van der Waals surface area contributed by atoms with Crippen LogP contribution in [0.15, 0.2) is 71.2 Å². The van der Waals surface area contributed by atoms with Crippen molar-refractivity contribution in [2.75, 3.05) is 0 Å². The minimum Gasteiger partial charge on any atom is -0.489 e. The second kappa shape index (κ2) is 9.22. The number of nitrogens with one attached hydrogen (secondary N) is 1. The van der Waals surface area contributed by atoms with E-state index >= 15 is 0 Å². The maximum absolute atomic E-state index is 6.22. The Morgan fingerprint density at radius 3 is 2.54 bits per heavy atom. The van der Waals surface area contributed by atoms with Gasteiger partial charge in [-0.2, -0.15) is 0 Å². The van der Waals surface area contributed by atoms with Crippen molar-refractivity contribution >= 4 is 27.5 Å². The van der Waals surface area contributed by atoms with Crippen LogP contribution in [0.4, 0.5) is 0 Å². The summed E-state index contributed by atoms with van der Waals surface area (Å²) in [4.78, 5) is 0. The number of benzene rings is 3. The van der Waals surface area contributed by atoms with Gasteiger partial charge in [0.05, 0.1) is 0 Å². The normalized spacial score (nSPS) is 10.7. The Balaban J connectivity index is 1.65. The highest BCUT2D eigenvalue weighted by Gasteiger charge is 2.06. The molecule has 3 aromatic carbocycles. The highest BCUT2D eigenvalue weighted by Crippen LogP contribution is 2.24. The molecule has 26 heavy (non-hydrogen) atoms. The van der Waals surface area contributed by atoms with E-state index in [1.807, 2.05) is 36.4 Å². The topological polar surface area (TPSA) is 21.3 Å². The van der Waals surface area contributed by atoms with Gasteiger partial charge in [0.2, 0.25) is 0 Å². The standard InChI is InChI=1S/C22H21BrClNO/c1-16-5-4-6-17(11-16)15-26-22-10-9-20(23)12-19(22)14-25-13-18-7-2-3-8-21(18)24/h2-12,25H,13-15H2,1H3. The van der Waals surface area contributed by atoms with Crippen molar-refractivity contribution in [1.82, 2.24) is 5.32 Å². The maximum Gasteiger partial charge on any atom is 0.124 e. The van der Waals surface area contributed by atoms with Crippen molar-refractivity contribution in [2.24, 2.45) is 0 Å². The summed E-state index contributed by atoms with van der Waals surface area (Å²) in [7, 11) is 0. The van der Waals surface area contributed by atoms with Crippen molar-refractivity contribution < 1.29 is 4.74 Å². The monoisotopic (exact) mass is 429 g/mol. The Morgan fingerprint density at radius 1 is 0.923 bits per heavy atom. The van der Waals surface area contributed by atoms with Gasteiger partial charge in [-0.1, -0.05) is 75.6 Å². The first-order valence-electron chi connectivity index (χ1n) is 8.53. The average molecular weight is 431 g/mol. The summed E-state index contributed by atoms with van der Waals surface area (Å²) in [5.41, 5.74) is 4.61. The molecule has 0 radical (unpaired) electrons. The molecule has 2 nitrogen and oxygen atoms in total. The van der Waals surface area contributed by atoms with Crippen LogP contribution in [0.1, 0.15) is 22.3 Å². The van der Waals surface area contributed by atoms with Crippen molar-refractivity contribution in [3.05, 3.63) is 98.5 Å². The Hall–Kier alpha value is -1.81. The van der Waals surface area contributed by atoms with Gasteiger partial charge in [0.1, 0.15) is 12.4 Å². The van der Waals surface area contributed by atoms with Crippen LogP contribution in [0.2, 0.25) is 5.02 Å². The number of aryl methyl sites for hydroxylation is 1. The van der Waals surface area contributed by atoms with E-state index in [1.165, 1.54) is 11.1 Å². The van der Waals surface area contributed by atoms with Crippen LogP contribution in [-0.2, 0) is 19.7 Å². The molecule has 0 aliphatic heterocycles. The van der Waals surface area contributed by atoms with Gasteiger partial charge in [0.25, 0.3) is 0 Å². The van der Waals surface area contributed by atoms with E-state index in [9.17, 15) is 0 Å². The Bertz CT molecular complexity index is 882. The molecular formula is C22H21BrClNO. The lowest BCUT2D eigenvalue weighted by atomic mass is 10.1. The zero-order valence-corrected chi connectivity index (χ0v) is 17.0. The first-order chi connectivity index (χ1) is 12.6. The summed E-state index contributed by atoms with van der Waals surface area (Å²) in [6.07, 6.45) is 0. The van der Waals surface area contributed by atoms with Crippen LogP contribution in [0.25, 0.3) is 0 Å². The number of rotatable bonds is 7. The van der Waals surface area contributed by atoms with Gasteiger partial charge in [-0.15, -0.1) is 0 Å². The fraction of sp³-hybridized carbons (Fsp3) is 0.182. The molecule has 134 valence electrons. The molecule has 0 atom stereocenters. The van der Waals surface area contributed by atoms with Crippen LogP contribution >= 0.6 is 27.5 Å². The van der Waals surface area contributed by atoms with E-state index in [1.54, 1.807) is 0 Å². The van der Waals surface area contributed by atoms with Gasteiger partial charge in [-0.25, -0.2) is 0 Å². The summed E-state index contributed by atoms with van der Waals surface area (Å²) >= 11 is 9.77. The third kappa shape index (κ3) is 5.34. The number of hydrogen-bond donors (Lipinski definition) is 1. The number of ether oxygens (including phenoxy) is 1. The fourth-order valence-electron chi connectivity index (χ4n) is 2.76. The summed E-state index contributed by atoms with van der Waals surface area (Å²) in [6, 6.07) is 22.4. The molecule has 0 aromatic heterocycles. The summed E-state index contributed by atoms with van der Waals surface area (Å²) in [5, 5.41) is 4.23. The van der Waals surface area contributed by atoms with Crippen LogP contribution in [-0.4, -0.2) is 0 Å². The van der Waals surface area contributed by atoms with Crippen LogP contribution in [0, 0.1) is 6.92 Å². The Labute approximate surface area is 168 Å². The molecule has 0 spiro atoms. The van der Waals surface area contributed by atoms with Crippen molar-refractivity contribution in [1.29, 1.82) is 0 Å². The molecule has 0 saturated carbocycles. The third-order valence-electron chi connectivity index (χ3n) is 4.09. The van der Waals surface area contributed by atoms with Crippen molar-refractivity contribution in [3.8, 4) is 5.75 Å². The summed E-state index contributed by atoms with van der Waals surface area (Å²) in [6.45, 7) is 4.06. The number of hydrogen-bond acceptors (Lipinski definition) is 2. The lowest BCUT2D eigenvalue weighted by Crippen LogP contribution is -2.14. The third-order valence-corrected chi connectivity index (χ3v) is 4.95. The van der Waals surface area contributed by atoms with E-state index in [0.29, 0.717) is 19.7 Å². The molecule has 0 unspecified atom stereocenters. The van der Waals surface area contributed by atoms with Crippen molar-refractivity contribution in [3.63, 3.8) is 0 Å². The van der Waals surface area contributed by atoms with E-state index in [-0.39, 0.29) is 0 Å². The van der Waals surface area contributed by atoms with Gasteiger partial charge in [-0.3, -0.25) is 0 Å². The molecule has 0 aliphatic carbocycles. The molecule has 1 N–H and O–H groups in total. The molecule has 4 heteroatoms. The predicted molar refractivity (Wildman–Crippen MR) is 112 cm³/mol. The Morgan fingerprint density at radius 2 is 1.73 bits per heavy atom. The second-order valence-electron chi connectivity index (χ2n) is 6.22. The Kier molecular flexibility index (Phi) is 6.73. The van der Waals surface area contributed by atoms with Gasteiger partial charge >= 0.3 is 0 Å². The SMILES string of the molecule is Cc1cccc(COc2ccc(Br)cc2CNCc2ccccc2Cl)c1. The van der Waals surface area contributed by atoms with Gasteiger partial charge in [-0.05, 0) is 42.3 Å². The predicted octanol–water partition coefficient (Wildman–Crippen LogP) is 6.28. The van der Waals surface area contributed by atoms with Gasteiger partial charge in [0.15, 0.2) is 0 Å². The molecule has 0 fully saturated rings. The minimum absolute atomic E-state index is 0.556. The van der Waals surface area contributed by atoms with Crippen LogP contribution < -0.4 is 10.1 Å². The molecule has 3 aromatic rings. The zero-order valence-electron chi connectivity index (χ0n) is 14.6. The number of halogens is 2. The van der Waals surface area contributed by atoms with E-state index in [0.717, 1.165) is 26.4 Å². The van der Waals surface area contributed by atoms with Crippen LogP contribution in [0.3, 0.4) is 0 Å². The van der Waals surface area contributed by atoms with Gasteiger partial charge in [0, 0.05) is 28.1 Å². The first-order valence-corrected chi connectivity index (χ1v) is 9.70. The van der Waals surface area contributed by atoms with E-state index in [2.05, 4.69) is 58.5 Å². The average Bonchev–Trinajstić information content (AvgIpc) is 2.63. The lowest BCUT2D eigenvalue weighted by molar-refractivity contribution is 0.302. The first kappa shape index (κ1) is 19.0. The molecule has 0 heterocycles. The second-order valence-corrected chi connectivity index (χ2v) is 7.55. The zero-order chi connectivity index (χ0) is 18.4. The minimum atomic E-state index is 0.556. The van der Waals surface area contributed by atoms with Crippen LogP contribution in [0.5, 0.6) is 5.75 Å². The highest BCUT2D eigenvalue weighted by atomic mass is 79.9. The quantitative estimate of drug-likeness (QED) is 0.476. The maximum atomic E-state index is 6.22. The molecule has 0 aliphatic rings. The molecule has 0 bridgehead atoms. The fourth-order valence-corrected chi connectivity index (χ4v) is 3.37. The van der Waals surface area contributed by atoms with Crippen molar-refractivity contribution in [2.45, 2.75) is 26.6 Å². The van der Waals surface area contributed by atoms with E-state index in [4.69, 9.17) is 16.3 Å².